The molecule has 0 radical (unpaired) electrons. The third kappa shape index (κ3) is 1.99. The van der Waals surface area contributed by atoms with Crippen LogP contribution in [0, 0.1) is 5.41 Å². The molecule has 1 atom stereocenters. The number of benzene rings is 2. The molecule has 0 aromatic heterocycles. The second kappa shape index (κ2) is 4.70. The first kappa shape index (κ1) is 12.2. The molecule has 1 aliphatic rings. The van der Waals surface area contributed by atoms with E-state index in [0.29, 0.717) is 10.2 Å². The van der Waals surface area contributed by atoms with Gasteiger partial charge in [0.15, 0.2) is 0 Å². The Morgan fingerprint density at radius 2 is 1.67 bits per heavy atom. The maximum Gasteiger partial charge on any atom is 0.0455 e. The molecule has 1 unspecified atom stereocenters. The predicted molar refractivity (Wildman–Crippen MR) is 82.2 cm³/mol. The van der Waals surface area contributed by atoms with Gasteiger partial charge in [0.25, 0.3) is 0 Å². The highest BCUT2D eigenvalue weighted by Gasteiger charge is 2.36. The zero-order valence-electron chi connectivity index (χ0n) is 10.8. The summed E-state index contributed by atoms with van der Waals surface area (Å²) in [6, 6.07) is 15.4. The lowest BCUT2D eigenvalue weighted by Gasteiger charge is -2.31. The molecule has 3 rings (SSSR count). The number of rotatable bonds is 2. The second-order valence-electron chi connectivity index (χ2n) is 5.79. The maximum absolute atomic E-state index is 3.99. The quantitative estimate of drug-likeness (QED) is 0.610. The van der Waals surface area contributed by atoms with Crippen molar-refractivity contribution >= 4 is 26.7 Å². The number of halogens is 1. The molecule has 1 saturated carbocycles. The first-order valence-electron chi connectivity index (χ1n) is 6.82. The molecule has 2 aromatic rings. The summed E-state index contributed by atoms with van der Waals surface area (Å²) in [5.74, 6) is 0. The largest absolute Gasteiger partial charge is 0.0833 e. The minimum absolute atomic E-state index is 0.421. The molecular weight excluding hydrogens is 284 g/mol. The van der Waals surface area contributed by atoms with E-state index in [1.54, 1.807) is 0 Å². The topological polar surface area (TPSA) is 0 Å². The van der Waals surface area contributed by atoms with E-state index in [4.69, 9.17) is 0 Å². The van der Waals surface area contributed by atoms with Crippen LogP contribution in [0.25, 0.3) is 10.8 Å². The summed E-state index contributed by atoms with van der Waals surface area (Å²) in [4.78, 5) is 0.471. The molecule has 1 fully saturated rings. The maximum atomic E-state index is 3.99. The van der Waals surface area contributed by atoms with Gasteiger partial charge in [0.2, 0.25) is 0 Å². The molecule has 0 aliphatic heterocycles. The van der Waals surface area contributed by atoms with Gasteiger partial charge in [-0.2, -0.15) is 0 Å². The van der Waals surface area contributed by atoms with Crippen molar-refractivity contribution in [1.29, 1.82) is 0 Å². The fourth-order valence-electron chi connectivity index (χ4n) is 3.28. The fourth-order valence-corrected chi connectivity index (χ4v) is 4.14. The van der Waals surface area contributed by atoms with Gasteiger partial charge in [0, 0.05) is 4.83 Å². The van der Waals surface area contributed by atoms with Gasteiger partial charge in [-0.15, -0.1) is 0 Å². The van der Waals surface area contributed by atoms with Gasteiger partial charge in [0.05, 0.1) is 0 Å². The third-order valence-corrected chi connectivity index (χ3v) is 6.05. The highest BCUT2D eigenvalue weighted by Crippen LogP contribution is 2.52. The highest BCUT2D eigenvalue weighted by atomic mass is 79.9. The molecule has 0 bridgehead atoms. The summed E-state index contributed by atoms with van der Waals surface area (Å²) in [5, 5.41) is 2.75. The summed E-state index contributed by atoms with van der Waals surface area (Å²) in [6.45, 7) is 2.43. The van der Waals surface area contributed by atoms with Crippen molar-refractivity contribution in [2.75, 3.05) is 0 Å². The van der Waals surface area contributed by atoms with Crippen molar-refractivity contribution in [3.63, 3.8) is 0 Å². The van der Waals surface area contributed by atoms with Crippen molar-refractivity contribution in [2.45, 2.75) is 37.4 Å². The Kier molecular flexibility index (Phi) is 3.19. The van der Waals surface area contributed by atoms with E-state index >= 15 is 0 Å². The zero-order valence-corrected chi connectivity index (χ0v) is 12.4. The van der Waals surface area contributed by atoms with Crippen LogP contribution in [0.2, 0.25) is 0 Å². The van der Waals surface area contributed by atoms with E-state index in [9.17, 15) is 0 Å². The number of hydrogen-bond donors (Lipinski definition) is 0. The number of fused-ring (bicyclic) bond motifs is 1. The van der Waals surface area contributed by atoms with Crippen molar-refractivity contribution in [3.8, 4) is 0 Å². The van der Waals surface area contributed by atoms with E-state index in [2.05, 4.69) is 65.3 Å². The summed E-state index contributed by atoms with van der Waals surface area (Å²) < 4.78 is 0. The molecular formula is C17H19Br. The molecule has 0 heterocycles. The molecule has 2 aromatic carbocycles. The number of alkyl halides is 1. The number of hydrogen-bond acceptors (Lipinski definition) is 0. The van der Waals surface area contributed by atoms with Gasteiger partial charge in [-0.05, 0) is 34.6 Å². The molecule has 0 amide bonds. The summed E-state index contributed by atoms with van der Waals surface area (Å²) in [7, 11) is 0. The average Bonchev–Trinajstić information content (AvgIpc) is 2.85. The van der Waals surface area contributed by atoms with Crippen LogP contribution in [0.3, 0.4) is 0 Å². The first-order valence-corrected chi connectivity index (χ1v) is 7.74. The van der Waals surface area contributed by atoms with Crippen LogP contribution in [0.1, 0.15) is 43.0 Å². The van der Waals surface area contributed by atoms with Gasteiger partial charge in [-0.3, -0.25) is 0 Å². The van der Waals surface area contributed by atoms with Crippen LogP contribution < -0.4 is 0 Å². The van der Waals surface area contributed by atoms with Gasteiger partial charge in [-0.1, -0.05) is 78.2 Å². The lowest BCUT2D eigenvalue weighted by Crippen LogP contribution is -2.17. The monoisotopic (exact) mass is 302 g/mol. The standard InChI is InChI=1S/C17H19Br/c1-17(11-4-5-12-17)16(18)15-10-6-8-13-7-2-3-9-14(13)15/h2-3,6-10,16H,4-5,11-12H2,1H3. The molecule has 0 saturated heterocycles. The van der Waals surface area contributed by atoms with E-state index in [1.807, 2.05) is 0 Å². The van der Waals surface area contributed by atoms with Crippen LogP contribution in [-0.4, -0.2) is 0 Å². The summed E-state index contributed by atoms with van der Waals surface area (Å²) in [5.41, 5.74) is 1.88. The molecule has 1 heteroatoms. The van der Waals surface area contributed by atoms with Crippen LogP contribution in [0.4, 0.5) is 0 Å². The van der Waals surface area contributed by atoms with E-state index in [1.165, 1.54) is 42.0 Å². The normalized spacial score (nSPS) is 20.1. The van der Waals surface area contributed by atoms with Crippen molar-refractivity contribution in [2.24, 2.45) is 5.41 Å². The molecule has 18 heavy (non-hydrogen) atoms. The Hall–Kier alpha value is -0.820. The first-order chi connectivity index (χ1) is 8.71. The van der Waals surface area contributed by atoms with E-state index in [-0.39, 0.29) is 0 Å². The molecule has 94 valence electrons. The lowest BCUT2D eigenvalue weighted by atomic mass is 9.81. The summed E-state index contributed by atoms with van der Waals surface area (Å²) >= 11 is 3.99. The van der Waals surface area contributed by atoms with Crippen LogP contribution in [0.5, 0.6) is 0 Å². The van der Waals surface area contributed by atoms with Gasteiger partial charge >= 0.3 is 0 Å². The van der Waals surface area contributed by atoms with Crippen LogP contribution >= 0.6 is 15.9 Å². The minimum atomic E-state index is 0.421. The van der Waals surface area contributed by atoms with Crippen molar-refractivity contribution in [3.05, 3.63) is 48.0 Å². The van der Waals surface area contributed by atoms with Gasteiger partial charge in [-0.25, -0.2) is 0 Å². The Balaban J connectivity index is 2.08. The molecule has 0 spiro atoms. The van der Waals surface area contributed by atoms with E-state index in [0.717, 1.165) is 0 Å². The minimum Gasteiger partial charge on any atom is -0.0833 e. The second-order valence-corrected chi connectivity index (χ2v) is 6.71. The SMILES string of the molecule is CC1(C(Br)c2cccc3ccccc23)CCCC1. The Labute approximate surface area is 118 Å². The smallest absolute Gasteiger partial charge is 0.0455 e. The van der Waals surface area contributed by atoms with E-state index < -0.39 is 0 Å². The van der Waals surface area contributed by atoms with Gasteiger partial charge < -0.3 is 0 Å². The highest BCUT2D eigenvalue weighted by molar-refractivity contribution is 9.09. The molecule has 0 N–H and O–H groups in total. The zero-order chi connectivity index (χ0) is 12.6. The lowest BCUT2D eigenvalue weighted by molar-refractivity contribution is 0.332. The van der Waals surface area contributed by atoms with Crippen LogP contribution in [-0.2, 0) is 0 Å². The summed E-state index contributed by atoms with van der Waals surface area (Å²) in [6.07, 6.45) is 5.44. The fraction of sp³-hybridized carbons (Fsp3) is 0.412. The Morgan fingerprint density at radius 3 is 2.44 bits per heavy atom. The predicted octanol–water partition coefficient (Wildman–Crippen LogP) is 5.86. The molecule has 1 aliphatic carbocycles. The Morgan fingerprint density at radius 1 is 1.00 bits per heavy atom. The van der Waals surface area contributed by atoms with Gasteiger partial charge in [0.1, 0.15) is 0 Å². The average molecular weight is 303 g/mol. The Bertz CT molecular complexity index is 547. The third-order valence-electron chi connectivity index (χ3n) is 4.45. The van der Waals surface area contributed by atoms with Crippen molar-refractivity contribution in [1.82, 2.24) is 0 Å². The van der Waals surface area contributed by atoms with Crippen LogP contribution in [0.15, 0.2) is 42.5 Å². The molecule has 0 nitrogen and oxygen atoms in total. The van der Waals surface area contributed by atoms with Crippen molar-refractivity contribution < 1.29 is 0 Å².